The monoisotopic (exact) mass is 269 g/mol. The Labute approximate surface area is 115 Å². The average molecular weight is 269 g/mol. The van der Waals surface area contributed by atoms with Crippen LogP contribution in [0.4, 0.5) is 22.7 Å². The number of hydrogen-bond donors (Lipinski definition) is 2. The number of nitrogens with one attached hydrogen (secondary N) is 1. The van der Waals surface area contributed by atoms with Crippen LogP contribution in [-0.2, 0) is 6.61 Å². The van der Waals surface area contributed by atoms with E-state index in [2.05, 4.69) is 10.2 Å². The van der Waals surface area contributed by atoms with Crippen LogP contribution in [-0.4, -0.2) is 10.0 Å². The summed E-state index contributed by atoms with van der Waals surface area (Å²) < 4.78 is 0. The summed E-state index contributed by atoms with van der Waals surface area (Å²) in [6, 6.07) is 11.1. The molecule has 0 unspecified atom stereocenters. The second-order valence-corrected chi connectivity index (χ2v) is 4.05. The Balaban J connectivity index is 2.32. The summed E-state index contributed by atoms with van der Waals surface area (Å²) in [6.45, 7) is 6.82. The molecule has 0 saturated heterocycles. The molecule has 0 aromatic heterocycles. The Hall–Kier alpha value is -2.91. The zero-order chi connectivity index (χ0) is 14.5. The van der Waals surface area contributed by atoms with E-state index in [-0.39, 0.29) is 18.0 Å². The predicted molar refractivity (Wildman–Crippen MR) is 75.0 cm³/mol. The van der Waals surface area contributed by atoms with Crippen molar-refractivity contribution in [3.8, 4) is 0 Å². The second kappa shape index (κ2) is 5.82. The highest BCUT2D eigenvalue weighted by Crippen LogP contribution is 2.31. The molecule has 2 N–H and O–H groups in total. The molecule has 100 valence electrons. The molecule has 0 bridgehead atoms. The van der Waals surface area contributed by atoms with Crippen molar-refractivity contribution < 1.29 is 10.0 Å². The van der Waals surface area contributed by atoms with Gasteiger partial charge in [0.1, 0.15) is 5.69 Å². The second-order valence-electron chi connectivity index (χ2n) is 4.05. The highest BCUT2D eigenvalue weighted by atomic mass is 16.6. The van der Waals surface area contributed by atoms with Gasteiger partial charge in [0, 0.05) is 11.8 Å². The minimum atomic E-state index is -0.529. The van der Waals surface area contributed by atoms with Crippen LogP contribution in [0.5, 0.6) is 0 Å². The van der Waals surface area contributed by atoms with Crippen LogP contribution in [0.2, 0.25) is 0 Å². The molecule has 0 atom stereocenters. The lowest BCUT2D eigenvalue weighted by atomic mass is 10.2. The van der Waals surface area contributed by atoms with Crippen LogP contribution in [0.15, 0.2) is 42.5 Å². The van der Waals surface area contributed by atoms with E-state index in [1.165, 1.54) is 18.2 Å². The lowest BCUT2D eigenvalue weighted by molar-refractivity contribution is -0.383. The summed E-state index contributed by atoms with van der Waals surface area (Å²) in [7, 11) is 0. The van der Waals surface area contributed by atoms with Crippen molar-refractivity contribution >= 4 is 22.7 Å². The van der Waals surface area contributed by atoms with Gasteiger partial charge < -0.3 is 10.4 Å². The van der Waals surface area contributed by atoms with Crippen LogP contribution in [0.25, 0.3) is 4.85 Å². The van der Waals surface area contributed by atoms with Gasteiger partial charge in [-0.2, -0.15) is 0 Å². The summed E-state index contributed by atoms with van der Waals surface area (Å²) in [5.41, 5.74) is 1.82. The molecule has 0 saturated carbocycles. The number of rotatable bonds is 4. The highest BCUT2D eigenvalue weighted by Gasteiger charge is 2.14. The van der Waals surface area contributed by atoms with Crippen molar-refractivity contribution in [2.75, 3.05) is 5.32 Å². The van der Waals surface area contributed by atoms with Gasteiger partial charge in [-0.25, -0.2) is 4.85 Å². The number of aliphatic hydroxyl groups is 1. The van der Waals surface area contributed by atoms with Gasteiger partial charge in [0.2, 0.25) is 0 Å². The molecule has 6 nitrogen and oxygen atoms in total. The van der Waals surface area contributed by atoms with Crippen LogP contribution >= 0.6 is 0 Å². The van der Waals surface area contributed by atoms with E-state index >= 15 is 0 Å². The first kappa shape index (κ1) is 13.5. The molecule has 0 aliphatic heterocycles. The van der Waals surface area contributed by atoms with E-state index in [0.717, 1.165) is 5.56 Å². The largest absolute Gasteiger partial charge is 0.392 e. The van der Waals surface area contributed by atoms with E-state index in [1.807, 2.05) is 0 Å². The summed E-state index contributed by atoms with van der Waals surface area (Å²) >= 11 is 0. The number of benzene rings is 2. The molecule has 0 amide bonds. The Kier molecular flexibility index (Phi) is 3.93. The molecule has 0 spiro atoms. The van der Waals surface area contributed by atoms with Crippen LogP contribution < -0.4 is 5.32 Å². The van der Waals surface area contributed by atoms with Gasteiger partial charge in [-0.1, -0.05) is 18.2 Å². The first-order chi connectivity index (χ1) is 9.63. The molecule has 2 rings (SSSR count). The number of nitro groups is 1. The van der Waals surface area contributed by atoms with E-state index < -0.39 is 4.92 Å². The number of nitrogens with zero attached hydrogens (tertiary/aromatic N) is 2. The number of hydrogen-bond acceptors (Lipinski definition) is 4. The van der Waals surface area contributed by atoms with Crippen molar-refractivity contribution in [3.63, 3.8) is 0 Å². The maximum Gasteiger partial charge on any atom is 0.282 e. The summed E-state index contributed by atoms with van der Waals surface area (Å²) in [5.74, 6) is 0. The lowest BCUT2D eigenvalue weighted by Gasteiger charge is -2.08. The Morgan fingerprint density at radius 2 is 1.95 bits per heavy atom. The van der Waals surface area contributed by atoms with E-state index in [4.69, 9.17) is 11.7 Å². The van der Waals surface area contributed by atoms with Crippen molar-refractivity contribution in [2.45, 2.75) is 6.61 Å². The van der Waals surface area contributed by atoms with Gasteiger partial charge in [-0.05, 0) is 23.8 Å². The van der Waals surface area contributed by atoms with Crippen LogP contribution in [0.1, 0.15) is 5.56 Å². The molecule has 2 aromatic carbocycles. The molecule has 6 heteroatoms. The van der Waals surface area contributed by atoms with E-state index in [9.17, 15) is 10.1 Å². The zero-order valence-electron chi connectivity index (χ0n) is 10.4. The molecule has 0 fully saturated rings. The van der Waals surface area contributed by atoms with Crippen molar-refractivity contribution in [1.29, 1.82) is 0 Å². The molecule has 2 aromatic rings. The third-order valence-corrected chi connectivity index (χ3v) is 2.72. The Morgan fingerprint density at radius 3 is 2.50 bits per heavy atom. The topological polar surface area (TPSA) is 79.8 Å². The minimum absolute atomic E-state index is 0.0554. The summed E-state index contributed by atoms with van der Waals surface area (Å²) in [4.78, 5) is 13.7. The fourth-order valence-corrected chi connectivity index (χ4v) is 1.70. The summed E-state index contributed by atoms with van der Waals surface area (Å²) in [5, 5.41) is 22.9. The Bertz CT molecular complexity index is 675. The van der Waals surface area contributed by atoms with Gasteiger partial charge in [-0.3, -0.25) is 10.1 Å². The SMILES string of the molecule is [C-]#[N+]c1ccc(Nc2ccc(CO)cc2)c([N+](=O)[O-])c1. The third-order valence-electron chi connectivity index (χ3n) is 2.72. The smallest absolute Gasteiger partial charge is 0.282 e. The molecule has 0 heterocycles. The molecule has 0 aliphatic carbocycles. The normalized spacial score (nSPS) is 9.80. The van der Waals surface area contributed by atoms with Gasteiger partial charge in [0.05, 0.1) is 18.1 Å². The Morgan fingerprint density at radius 1 is 1.25 bits per heavy atom. The first-order valence-electron chi connectivity index (χ1n) is 5.77. The zero-order valence-corrected chi connectivity index (χ0v) is 10.4. The van der Waals surface area contributed by atoms with Gasteiger partial charge >= 0.3 is 0 Å². The van der Waals surface area contributed by atoms with Gasteiger partial charge in [-0.15, -0.1) is 0 Å². The highest BCUT2D eigenvalue weighted by molar-refractivity contribution is 5.73. The molecular weight excluding hydrogens is 258 g/mol. The quantitative estimate of drug-likeness (QED) is 0.506. The van der Waals surface area contributed by atoms with Gasteiger partial charge in [0.25, 0.3) is 5.69 Å². The van der Waals surface area contributed by atoms with Crippen molar-refractivity contribution in [3.05, 3.63) is 69.6 Å². The lowest BCUT2D eigenvalue weighted by Crippen LogP contribution is -1.97. The molecular formula is C14H11N3O3. The van der Waals surface area contributed by atoms with Crippen LogP contribution in [0, 0.1) is 16.7 Å². The predicted octanol–water partition coefficient (Wildman–Crippen LogP) is 3.38. The third kappa shape index (κ3) is 2.91. The molecule has 0 radical (unpaired) electrons. The number of anilines is 2. The number of nitro benzene ring substituents is 1. The standard InChI is InChI=1S/C14H11N3O3/c1-15-12-6-7-13(14(8-12)17(19)20)16-11-4-2-10(9-18)3-5-11/h2-8,16,18H,9H2. The minimum Gasteiger partial charge on any atom is -0.392 e. The van der Waals surface area contributed by atoms with Gasteiger partial charge in [0.15, 0.2) is 5.69 Å². The molecule has 0 aliphatic rings. The number of aliphatic hydroxyl groups excluding tert-OH is 1. The van der Waals surface area contributed by atoms with E-state index in [1.54, 1.807) is 24.3 Å². The van der Waals surface area contributed by atoms with Crippen molar-refractivity contribution in [1.82, 2.24) is 0 Å². The first-order valence-corrected chi connectivity index (χ1v) is 5.77. The molecule has 20 heavy (non-hydrogen) atoms. The maximum atomic E-state index is 11.0. The van der Waals surface area contributed by atoms with E-state index in [0.29, 0.717) is 11.4 Å². The fourth-order valence-electron chi connectivity index (χ4n) is 1.70. The average Bonchev–Trinajstić information content (AvgIpc) is 2.48. The fraction of sp³-hybridized carbons (Fsp3) is 0.0714. The summed E-state index contributed by atoms with van der Waals surface area (Å²) in [6.07, 6.45) is 0. The van der Waals surface area contributed by atoms with Crippen LogP contribution in [0.3, 0.4) is 0 Å². The van der Waals surface area contributed by atoms with Crippen molar-refractivity contribution in [2.24, 2.45) is 0 Å². The maximum absolute atomic E-state index is 11.0.